The van der Waals surface area contributed by atoms with Crippen molar-refractivity contribution in [3.63, 3.8) is 0 Å². The molecule has 0 aliphatic rings. The topological polar surface area (TPSA) is 52.3 Å². The summed E-state index contributed by atoms with van der Waals surface area (Å²) in [6.07, 6.45) is 4.76. The number of benzene rings is 1. The second kappa shape index (κ2) is 5.43. The fourth-order valence-corrected chi connectivity index (χ4v) is 1.52. The van der Waals surface area contributed by atoms with Gasteiger partial charge in [0.05, 0.1) is 14.2 Å². The zero-order valence-electron chi connectivity index (χ0n) is 10.5. The molecule has 0 bridgehead atoms. The van der Waals surface area contributed by atoms with Crippen molar-refractivity contribution in [2.75, 3.05) is 7.11 Å². The van der Waals surface area contributed by atoms with Crippen LogP contribution in [0, 0.1) is 5.82 Å². The van der Waals surface area contributed by atoms with Crippen LogP contribution in [0.1, 0.15) is 10.4 Å². The van der Waals surface area contributed by atoms with Crippen LogP contribution in [0.15, 0.2) is 36.9 Å². The highest BCUT2D eigenvalue weighted by Crippen LogP contribution is 2.25. The summed E-state index contributed by atoms with van der Waals surface area (Å²) >= 11 is 0. The van der Waals surface area contributed by atoms with E-state index in [-0.39, 0.29) is 11.3 Å². The van der Waals surface area contributed by atoms with Crippen molar-refractivity contribution < 1.29 is 23.2 Å². The molecule has 2 aromatic rings. The Morgan fingerprint density at radius 3 is 2.89 bits per heavy atom. The number of methoxy groups -OCH3 is 1. The van der Waals surface area contributed by atoms with Crippen molar-refractivity contribution in [3.8, 4) is 11.5 Å². The van der Waals surface area contributed by atoms with E-state index in [4.69, 9.17) is 4.74 Å². The van der Waals surface area contributed by atoms with Crippen molar-refractivity contribution in [3.05, 3.63) is 48.3 Å². The predicted octanol–water partition coefficient (Wildman–Crippen LogP) is 1.62. The highest BCUT2D eigenvalue weighted by atomic mass is 19.1. The van der Waals surface area contributed by atoms with Crippen LogP contribution in [-0.4, -0.2) is 18.1 Å². The normalized spacial score (nSPS) is 10.1. The summed E-state index contributed by atoms with van der Waals surface area (Å²) < 4.78 is 25.0. The molecule has 5 nitrogen and oxygen atoms in total. The molecule has 1 aromatic heterocycles. The van der Waals surface area contributed by atoms with Crippen molar-refractivity contribution in [1.29, 1.82) is 0 Å². The summed E-state index contributed by atoms with van der Waals surface area (Å²) in [5.74, 6) is -0.560. The molecular formula is C13H12FN2O3+. The number of nitrogens with zero attached hydrogens (tertiary/aromatic N) is 2. The smallest absolute Gasteiger partial charge is 0.341 e. The van der Waals surface area contributed by atoms with Gasteiger partial charge in [0.1, 0.15) is 23.3 Å². The van der Waals surface area contributed by atoms with E-state index in [9.17, 15) is 9.18 Å². The van der Waals surface area contributed by atoms with Gasteiger partial charge in [-0.1, -0.05) is 4.98 Å². The molecule has 2 rings (SSSR count). The third-order valence-electron chi connectivity index (χ3n) is 2.36. The molecule has 0 saturated heterocycles. The maximum atomic E-state index is 13.2. The SMILES string of the molecule is COC(=O)c1cc(F)ccc1Oc1cnc[n+](C)c1. The first-order chi connectivity index (χ1) is 9.10. The monoisotopic (exact) mass is 263 g/mol. The molecular weight excluding hydrogens is 251 g/mol. The number of ether oxygens (including phenoxy) is 2. The molecule has 0 aliphatic heterocycles. The van der Waals surface area contributed by atoms with Crippen molar-refractivity contribution >= 4 is 5.97 Å². The molecule has 0 saturated carbocycles. The van der Waals surface area contributed by atoms with Crippen LogP contribution in [0.4, 0.5) is 4.39 Å². The first-order valence-electron chi connectivity index (χ1n) is 5.46. The van der Waals surface area contributed by atoms with E-state index in [1.54, 1.807) is 24.1 Å². The summed E-state index contributed by atoms with van der Waals surface area (Å²) in [6.45, 7) is 0. The highest BCUT2D eigenvalue weighted by Gasteiger charge is 2.16. The number of carbonyl (C=O) groups is 1. The Kier molecular flexibility index (Phi) is 3.70. The lowest BCUT2D eigenvalue weighted by atomic mass is 10.2. The minimum atomic E-state index is -0.664. The van der Waals surface area contributed by atoms with Crippen LogP contribution in [0.3, 0.4) is 0 Å². The second-order valence-electron chi connectivity index (χ2n) is 3.82. The molecule has 1 aromatic carbocycles. The van der Waals surface area contributed by atoms with Crippen LogP contribution < -0.4 is 9.30 Å². The Morgan fingerprint density at radius 2 is 2.21 bits per heavy atom. The standard InChI is InChI=1S/C13H12FN2O3/c1-16-7-10(6-15-8-16)19-12-4-3-9(14)5-11(12)13(17)18-2/h3-8H,1-2H3/q+1. The van der Waals surface area contributed by atoms with Crippen LogP contribution >= 0.6 is 0 Å². The number of carbonyl (C=O) groups excluding carboxylic acids is 1. The molecule has 0 unspecified atom stereocenters. The number of aromatic nitrogens is 2. The summed E-state index contributed by atoms with van der Waals surface area (Å²) in [7, 11) is 3.01. The van der Waals surface area contributed by atoms with Gasteiger partial charge in [0.25, 0.3) is 6.33 Å². The van der Waals surface area contributed by atoms with Gasteiger partial charge in [0, 0.05) is 0 Å². The number of halogens is 1. The Labute approximate surface area is 109 Å². The van der Waals surface area contributed by atoms with Crippen LogP contribution in [0.2, 0.25) is 0 Å². The molecule has 0 radical (unpaired) electrons. The minimum absolute atomic E-state index is 0.0222. The van der Waals surface area contributed by atoms with Gasteiger partial charge in [-0.3, -0.25) is 0 Å². The molecule has 0 fully saturated rings. The van der Waals surface area contributed by atoms with Crippen molar-refractivity contribution in [2.24, 2.45) is 7.05 Å². The van der Waals surface area contributed by atoms with E-state index in [1.807, 2.05) is 0 Å². The summed E-state index contributed by atoms with van der Waals surface area (Å²) in [5, 5.41) is 0. The Balaban J connectivity index is 2.37. The first kappa shape index (κ1) is 12.9. The Morgan fingerprint density at radius 1 is 1.42 bits per heavy atom. The minimum Gasteiger partial charge on any atom is -0.465 e. The lowest BCUT2D eigenvalue weighted by Gasteiger charge is -2.08. The maximum Gasteiger partial charge on any atom is 0.341 e. The number of hydrogen-bond donors (Lipinski definition) is 0. The van der Waals surface area contributed by atoms with Gasteiger partial charge in [-0.15, -0.1) is 0 Å². The molecule has 0 amide bonds. The lowest BCUT2D eigenvalue weighted by molar-refractivity contribution is -0.674. The lowest BCUT2D eigenvalue weighted by Crippen LogP contribution is -2.27. The predicted molar refractivity (Wildman–Crippen MR) is 63.2 cm³/mol. The Bertz CT molecular complexity index is 617. The molecule has 1 heterocycles. The third kappa shape index (κ3) is 3.04. The molecule has 0 atom stereocenters. The van der Waals surface area contributed by atoms with E-state index in [1.165, 1.54) is 25.4 Å². The first-order valence-corrected chi connectivity index (χ1v) is 5.46. The van der Waals surface area contributed by atoms with E-state index in [0.717, 1.165) is 6.07 Å². The van der Waals surface area contributed by atoms with Gasteiger partial charge in [0.2, 0.25) is 5.75 Å². The maximum absolute atomic E-state index is 13.2. The molecule has 0 N–H and O–H groups in total. The zero-order valence-corrected chi connectivity index (χ0v) is 10.5. The molecule has 0 aliphatic carbocycles. The van der Waals surface area contributed by atoms with Crippen LogP contribution in [0.5, 0.6) is 11.5 Å². The average Bonchev–Trinajstić information content (AvgIpc) is 2.40. The molecule has 98 valence electrons. The Hall–Kier alpha value is -2.50. The molecule has 0 spiro atoms. The van der Waals surface area contributed by atoms with Gasteiger partial charge in [-0.05, 0) is 18.2 Å². The van der Waals surface area contributed by atoms with Crippen LogP contribution in [0.25, 0.3) is 0 Å². The van der Waals surface area contributed by atoms with E-state index < -0.39 is 11.8 Å². The summed E-state index contributed by atoms with van der Waals surface area (Å²) in [6, 6.07) is 3.64. The number of aryl methyl sites for hydroxylation is 1. The van der Waals surface area contributed by atoms with Crippen molar-refractivity contribution in [1.82, 2.24) is 4.98 Å². The number of esters is 1. The fraction of sp³-hybridized carbons (Fsp3) is 0.154. The molecule has 19 heavy (non-hydrogen) atoms. The zero-order chi connectivity index (χ0) is 13.8. The molecule has 6 heteroatoms. The van der Waals surface area contributed by atoms with E-state index >= 15 is 0 Å². The third-order valence-corrected chi connectivity index (χ3v) is 2.36. The van der Waals surface area contributed by atoms with Gasteiger partial charge in [0.15, 0.2) is 6.20 Å². The van der Waals surface area contributed by atoms with Gasteiger partial charge in [-0.2, -0.15) is 0 Å². The van der Waals surface area contributed by atoms with Gasteiger partial charge in [-0.25, -0.2) is 13.8 Å². The van der Waals surface area contributed by atoms with E-state index in [0.29, 0.717) is 5.75 Å². The highest BCUT2D eigenvalue weighted by molar-refractivity contribution is 5.92. The van der Waals surface area contributed by atoms with Gasteiger partial charge >= 0.3 is 5.97 Å². The van der Waals surface area contributed by atoms with Gasteiger partial charge < -0.3 is 9.47 Å². The second-order valence-corrected chi connectivity index (χ2v) is 3.82. The summed E-state index contributed by atoms with van der Waals surface area (Å²) in [5.41, 5.74) is 0.0222. The largest absolute Gasteiger partial charge is 0.465 e. The van der Waals surface area contributed by atoms with Crippen LogP contribution in [-0.2, 0) is 11.8 Å². The van der Waals surface area contributed by atoms with E-state index in [2.05, 4.69) is 9.72 Å². The van der Waals surface area contributed by atoms with Crippen molar-refractivity contribution in [2.45, 2.75) is 0 Å². The fourth-order valence-electron chi connectivity index (χ4n) is 1.52. The number of rotatable bonds is 3. The average molecular weight is 263 g/mol. The summed E-state index contributed by atoms with van der Waals surface area (Å²) in [4.78, 5) is 15.5. The quantitative estimate of drug-likeness (QED) is 0.624. The number of hydrogen-bond acceptors (Lipinski definition) is 4.